The molecule has 3 N–H and O–H groups in total. The third-order valence-corrected chi connectivity index (χ3v) is 5.71. The second-order valence-electron chi connectivity index (χ2n) is 7.57. The van der Waals surface area contributed by atoms with Gasteiger partial charge in [-0.1, -0.05) is 36.8 Å². The third-order valence-electron chi connectivity index (χ3n) is 5.71. The van der Waals surface area contributed by atoms with Gasteiger partial charge in [0, 0.05) is 25.6 Å². The largest absolute Gasteiger partial charge is 0.356 e. The highest BCUT2D eigenvalue weighted by molar-refractivity contribution is 5.85. The lowest BCUT2D eigenvalue weighted by atomic mass is 9.95. The average molecular weight is 402 g/mol. The first-order valence-corrected chi connectivity index (χ1v) is 9.49. The quantitative estimate of drug-likeness (QED) is 0.767. The Bertz CT molecular complexity index is 521. The van der Waals surface area contributed by atoms with Crippen LogP contribution in [0.3, 0.4) is 0 Å². The van der Waals surface area contributed by atoms with Gasteiger partial charge in [0.2, 0.25) is 5.91 Å². The molecular weight excluding hydrogens is 369 g/mol. The number of carbonyl (C=O) groups is 1. The van der Waals surface area contributed by atoms with Crippen LogP contribution in [0.2, 0.25) is 0 Å². The van der Waals surface area contributed by atoms with Crippen LogP contribution in [0, 0.1) is 11.8 Å². The van der Waals surface area contributed by atoms with Crippen LogP contribution in [0.15, 0.2) is 30.3 Å². The minimum Gasteiger partial charge on any atom is -0.356 e. The average Bonchev–Trinajstić information content (AvgIpc) is 3.00. The molecular formula is C20H33Cl2N3O. The van der Waals surface area contributed by atoms with E-state index in [1.165, 1.54) is 24.8 Å². The Balaban J connectivity index is 0.00000169. The summed E-state index contributed by atoms with van der Waals surface area (Å²) in [5.74, 6) is 1.22. The van der Waals surface area contributed by atoms with Crippen LogP contribution >= 0.6 is 24.8 Å². The molecule has 1 aliphatic carbocycles. The highest BCUT2D eigenvalue weighted by Crippen LogP contribution is 2.26. The molecule has 1 saturated carbocycles. The molecule has 1 aliphatic heterocycles. The van der Waals surface area contributed by atoms with Crippen molar-refractivity contribution in [2.24, 2.45) is 17.6 Å². The first kappa shape index (κ1) is 23.2. The minimum absolute atomic E-state index is 0. The lowest BCUT2D eigenvalue weighted by molar-refractivity contribution is -0.122. The Hall–Kier alpha value is -0.810. The number of hydrogen-bond acceptors (Lipinski definition) is 3. The van der Waals surface area contributed by atoms with Crippen LogP contribution in [0.1, 0.15) is 44.1 Å². The summed E-state index contributed by atoms with van der Waals surface area (Å²) in [5.41, 5.74) is 7.45. The fourth-order valence-corrected chi connectivity index (χ4v) is 4.08. The normalized spacial score (nSPS) is 23.7. The zero-order valence-electron chi connectivity index (χ0n) is 15.4. The number of hydrogen-bond donors (Lipinski definition) is 2. The first-order valence-electron chi connectivity index (χ1n) is 9.49. The Morgan fingerprint density at radius 1 is 1.08 bits per heavy atom. The number of likely N-dealkylation sites (tertiary alicyclic amines) is 1. The lowest BCUT2D eigenvalue weighted by Crippen LogP contribution is -2.39. The molecule has 1 amide bonds. The van der Waals surface area contributed by atoms with E-state index in [9.17, 15) is 4.79 Å². The number of piperidine rings is 1. The Kier molecular flexibility index (Phi) is 10.6. The summed E-state index contributed by atoms with van der Waals surface area (Å²) in [7, 11) is 0. The molecule has 4 nitrogen and oxygen atoms in total. The molecule has 1 aromatic rings. The molecule has 2 atom stereocenters. The molecule has 1 aromatic carbocycles. The summed E-state index contributed by atoms with van der Waals surface area (Å²) in [4.78, 5) is 14.6. The van der Waals surface area contributed by atoms with Crippen molar-refractivity contribution in [3.8, 4) is 0 Å². The minimum atomic E-state index is 0. The molecule has 0 unspecified atom stereocenters. The van der Waals surface area contributed by atoms with E-state index in [0.717, 1.165) is 39.0 Å². The molecule has 0 radical (unpaired) electrons. The second-order valence-corrected chi connectivity index (χ2v) is 7.57. The molecule has 0 bridgehead atoms. The number of carbonyl (C=O) groups excluding carboxylic acids is 1. The van der Waals surface area contributed by atoms with Crippen LogP contribution in [0.25, 0.3) is 0 Å². The molecule has 2 aliphatic rings. The van der Waals surface area contributed by atoms with Crippen molar-refractivity contribution in [1.82, 2.24) is 10.2 Å². The van der Waals surface area contributed by atoms with Gasteiger partial charge in [-0.3, -0.25) is 9.69 Å². The second kappa shape index (κ2) is 11.8. The smallest absolute Gasteiger partial charge is 0.220 e. The number of nitrogens with two attached hydrogens (primary N) is 1. The van der Waals surface area contributed by atoms with Gasteiger partial charge >= 0.3 is 0 Å². The van der Waals surface area contributed by atoms with E-state index in [1.54, 1.807) is 0 Å². The molecule has 0 aromatic heterocycles. The summed E-state index contributed by atoms with van der Waals surface area (Å²) in [6.07, 6.45) is 6.35. The van der Waals surface area contributed by atoms with Crippen molar-refractivity contribution >= 4 is 30.7 Å². The van der Waals surface area contributed by atoms with E-state index >= 15 is 0 Å². The predicted molar refractivity (Wildman–Crippen MR) is 112 cm³/mol. The van der Waals surface area contributed by atoms with Gasteiger partial charge in [-0.2, -0.15) is 0 Å². The van der Waals surface area contributed by atoms with Crippen LogP contribution in [0.4, 0.5) is 0 Å². The van der Waals surface area contributed by atoms with Crippen LogP contribution in [0.5, 0.6) is 0 Å². The summed E-state index contributed by atoms with van der Waals surface area (Å²) in [6.45, 7) is 4.13. The SMILES string of the molecule is Cl.Cl.N[C@@H]1CCC[C@H]1CC(=O)NCC1CCN(Cc2ccccc2)CC1. The fourth-order valence-electron chi connectivity index (χ4n) is 4.08. The molecule has 6 heteroatoms. The Morgan fingerprint density at radius 2 is 1.77 bits per heavy atom. The molecule has 1 heterocycles. The molecule has 1 saturated heterocycles. The predicted octanol–water partition coefficient (Wildman–Crippen LogP) is 3.38. The number of nitrogens with one attached hydrogen (secondary N) is 1. The van der Waals surface area contributed by atoms with E-state index in [4.69, 9.17) is 5.73 Å². The zero-order valence-corrected chi connectivity index (χ0v) is 17.1. The van der Waals surface area contributed by atoms with Gasteiger partial charge in [-0.05, 0) is 56.2 Å². The van der Waals surface area contributed by atoms with E-state index in [2.05, 4.69) is 40.5 Å². The van der Waals surface area contributed by atoms with Crippen molar-refractivity contribution in [3.05, 3.63) is 35.9 Å². The highest BCUT2D eigenvalue weighted by Gasteiger charge is 2.26. The van der Waals surface area contributed by atoms with Gasteiger partial charge in [-0.15, -0.1) is 24.8 Å². The summed E-state index contributed by atoms with van der Waals surface area (Å²) < 4.78 is 0. The number of halogens is 2. The molecule has 3 rings (SSSR count). The van der Waals surface area contributed by atoms with E-state index in [-0.39, 0.29) is 36.8 Å². The van der Waals surface area contributed by atoms with Crippen molar-refractivity contribution < 1.29 is 4.79 Å². The van der Waals surface area contributed by atoms with E-state index in [0.29, 0.717) is 18.3 Å². The van der Waals surface area contributed by atoms with E-state index < -0.39 is 0 Å². The maximum absolute atomic E-state index is 12.1. The molecule has 148 valence electrons. The van der Waals surface area contributed by atoms with Gasteiger partial charge in [0.25, 0.3) is 0 Å². The first-order chi connectivity index (χ1) is 11.7. The van der Waals surface area contributed by atoms with Crippen molar-refractivity contribution in [2.75, 3.05) is 19.6 Å². The number of rotatable bonds is 6. The Labute approximate surface area is 170 Å². The van der Waals surface area contributed by atoms with Crippen molar-refractivity contribution in [2.45, 2.75) is 51.1 Å². The van der Waals surface area contributed by atoms with Crippen LogP contribution in [-0.4, -0.2) is 36.5 Å². The van der Waals surface area contributed by atoms with Gasteiger partial charge in [0.1, 0.15) is 0 Å². The standard InChI is InChI=1S/C20H31N3O.2ClH/c21-19-8-4-7-18(19)13-20(24)22-14-16-9-11-23(12-10-16)15-17-5-2-1-3-6-17;;/h1-3,5-6,16,18-19H,4,7-15,21H2,(H,22,24);2*1H/t18-,19+;;/m0../s1. The van der Waals surface area contributed by atoms with Crippen molar-refractivity contribution in [1.29, 1.82) is 0 Å². The highest BCUT2D eigenvalue weighted by atomic mass is 35.5. The van der Waals surface area contributed by atoms with Crippen LogP contribution < -0.4 is 11.1 Å². The van der Waals surface area contributed by atoms with Gasteiger partial charge in [0.15, 0.2) is 0 Å². The number of benzene rings is 1. The molecule has 0 spiro atoms. The van der Waals surface area contributed by atoms with Gasteiger partial charge in [-0.25, -0.2) is 0 Å². The van der Waals surface area contributed by atoms with Crippen molar-refractivity contribution in [3.63, 3.8) is 0 Å². The number of amides is 1. The fraction of sp³-hybridized carbons (Fsp3) is 0.650. The summed E-state index contributed by atoms with van der Waals surface area (Å²) in [6, 6.07) is 10.9. The Morgan fingerprint density at radius 3 is 2.38 bits per heavy atom. The third kappa shape index (κ3) is 7.07. The maximum atomic E-state index is 12.1. The summed E-state index contributed by atoms with van der Waals surface area (Å²) in [5, 5.41) is 3.15. The lowest BCUT2D eigenvalue weighted by Gasteiger charge is -2.32. The van der Waals surface area contributed by atoms with Gasteiger partial charge in [0.05, 0.1) is 0 Å². The van der Waals surface area contributed by atoms with Crippen LogP contribution in [-0.2, 0) is 11.3 Å². The topological polar surface area (TPSA) is 58.4 Å². The van der Waals surface area contributed by atoms with Gasteiger partial charge < -0.3 is 11.1 Å². The van der Waals surface area contributed by atoms with E-state index in [1.807, 2.05) is 0 Å². The molecule has 2 fully saturated rings. The maximum Gasteiger partial charge on any atom is 0.220 e. The number of nitrogens with zero attached hydrogens (tertiary/aromatic N) is 1. The monoisotopic (exact) mass is 401 g/mol. The molecule has 26 heavy (non-hydrogen) atoms. The summed E-state index contributed by atoms with van der Waals surface area (Å²) >= 11 is 0. The zero-order chi connectivity index (χ0) is 16.8.